The molecule has 0 aliphatic heterocycles. The van der Waals surface area contributed by atoms with E-state index >= 15 is 0 Å². The zero-order valence-electron chi connectivity index (χ0n) is 15.8. The number of aryl methyl sites for hydroxylation is 1. The van der Waals surface area contributed by atoms with E-state index in [0.29, 0.717) is 28.3 Å². The molecule has 2 aromatic rings. The number of carbonyl (C=O) groups is 2. The number of esters is 1. The van der Waals surface area contributed by atoms with E-state index in [1.165, 1.54) is 6.42 Å². The molecule has 0 bridgehead atoms. The van der Waals surface area contributed by atoms with E-state index in [-0.39, 0.29) is 11.9 Å². The number of amides is 1. The van der Waals surface area contributed by atoms with Crippen LogP contribution < -0.4 is 5.32 Å². The van der Waals surface area contributed by atoms with Crippen LogP contribution in [0.15, 0.2) is 10.6 Å². The lowest BCUT2D eigenvalue weighted by Gasteiger charge is -2.24. The minimum absolute atomic E-state index is 0.182. The monoisotopic (exact) mass is 371 g/mol. The van der Waals surface area contributed by atoms with Gasteiger partial charge in [-0.25, -0.2) is 9.78 Å². The van der Waals surface area contributed by atoms with Crippen LogP contribution in [0.2, 0.25) is 0 Å². The summed E-state index contributed by atoms with van der Waals surface area (Å²) >= 11 is 0. The highest BCUT2D eigenvalue weighted by atomic mass is 16.5. The number of nitrogens with zero attached hydrogens (tertiary/aromatic N) is 2. The van der Waals surface area contributed by atoms with E-state index in [1.807, 2.05) is 0 Å². The predicted octanol–water partition coefficient (Wildman–Crippen LogP) is 3.40. The van der Waals surface area contributed by atoms with Crippen LogP contribution in [0, 0.1) is 6.92 Å². The fourth-order valence-corrected chi connectivity index (χ4v) is 3.71. The molecule has 0 spiro atoms. The van der Waals surface area contributed by atoms with Crippen molar-refractivity contribution in [1.29, 1.82) is 0 Å². The van der Waals surface area contributed by atoms with Gasteiger partial charge in [0.25, 0.3) is 11.6 Å². The fraction of sp³-hybridized carbons (Fsp3) is 0.600. The Bertz CT molecular complexity index is 865. The lowest BCUT2D eigenvalue weighted by molar-refractivity contribution is -0.130. The molecule has 1 amide bonds. The summed E-state index contributed by atoms with van der Waals surface area (Å²) in [6.07, 6.45) is 6.71. The molecular formula is C20H25N3O4. The average molecular weight is 371 g/mol. The number of hydrogen-bond donors (Lipinski definition) is 1. The molecule has 2 aromatic heterocycles. The molecule has 1 N–H and O–H groups in total. The maximum atomic E-state index is 12.8. The van der Waals surface area contributed by atoms with E-state index in [4.69, 9.17) is 9.26 Å². The van der Waals surface area contributed by atoms with Crippen LogP contribution in [0.25, 0.3) is 11.1 Å². The molecule has 2 heterocycles. The summed E-state index contributed by atoms with van der Waals surface area (Å²) in [4.78, 5) is 29.7. The van der Waals surface area contributed by atoms with Crippen LogP contribution in [0.4, 0.5) is 0 Å². The molecule has 2 fully saturated rings. The molecule has 4 rings (SSSR count). The lowest BCUT2D eigenvalue weighted by Crippen LogP contribution is -2.42. The Balaban J connectivity index is 1.50. The number of aromatic nitrogens is 2. The third-order valence-electron chi connectivity index (χ3n) is 5.46. The van der Waals surface area contributed by atoms with Gasteiger partial charge in [0.15, 0.2) is 6.10 Å². The smallest absolute Gasteiger partial charge is 0.339 e. The molecule has 7 heteroatoms. The Morgan fingerprint density at radius 3 is 2.67 bits per heavy atom. The first-order valence-corrected chi connectivity index (χ1v) is 9.81. The highest BCUT2D eigenvalue weighted by Gasteiger charge is 2.30. The highest BCUT2D eigenvalue weighted by Crippen LogP contribution is 2.40. The zero-order chi connectivity index (χ0) is 19.0. The molecule has 2 aliphatic rings. The van der Waals surface area contributed by atoms with Crippen molar-refractivity contribution in [1.82, 2.24) is 15.5 Å². The zero-order valence-corrected chi connectivity index (χ0v) is 15.8. The second-order valence-electron chi connectivity index (χ2n) is 7.71. The molecule has 2 aliphatic carbocycles. The predicted molar refractivity (Wildman–Crippen MR) is 98.4 cm³/mol. The summed E-state index contributed by atoms with van der Waals surface area (Å²) in [5.41, 5.74) is 2.14. The maximum Gasteiger partial charge on any atom is 0.339 e. The van der Waals surface area contributed by atoms with Crippen LogP contribution in [0.5, 0.6) is 0 Å². The fourth-order valence-electron chi connectivity index (χ4n) is 3.71. The number of carbonyl (C=O) groups excluding carboxylic acids is 2. The Hall–Kier alpha value is -2.44. The molecular weight excluding hydrogens is 346 g/mol. The van der Waals surface area contributed by atoms with Crippen LogP contribution in [0.3, 0.4) is 0 Å². The van der Waals surface area contributed by atoms with Crippen LogP contribution in [-0.2, 0) is 9.53 Å². The summed E-state index contributed by atoms with van der Waals surface area (Å²) in [5.74, 6) is -0.426. The average Bonchev–Trinajstić information content (AvgIpc) is 3.45. The van der Waals surface area contributed by atoms with Crippen molar-refractivity contribution in [3.63, 3.8) is 0 Å². The first-order chi connectivity index (χ1) is 13.0. The summed E-state index contributed by atoms with van der Waals surface area (Å²) < 4.78 is 10.7. The number of rotatable bonds is 5. The molecule has 2 saturated carbocycles. The third kappa shape index (κ3) is 3.82. The minimum atomic E-state index is -0.854. The van der Waals surface area contributed by atoms with Gasteiger partial charge in [-0.05, 0) is 45.6 Å². The number of ether oxygens (including phenoxy) is 1. The normalized spacial score (nSPS) is 19.0. The van der Waals surface area contributed by atoms with Gasteiger partial charge in [0.1, 0.15) is 0 Å². The van der Waals surface area contributed by atoms with Crippen molar-refractivity contribution in [2.45, 2.75) is 76.9 Å². The molecule has 1 atom stereocenters. The van der Waals surface area contributed by atoms with Gasteiger partial charge in [0.2, 0.25) is 0 Å². The first-order valence-electron chi connectivity index (χ1n) is 9.81. The number of fused-ring (bicyclic) bond motifs is 1. The molecule has 27 heavy (non-hydrogen) atoms. The Morgan fingerprint density at radius 2 is 1.96 bits per heavy atom. The van der Waals surface area contributed by atoms with Crippen molar-refractivity contribution in [2.24, 2.45) is 0 Å². The summed E-state index contributed by atoms with van der Waals surface area (Å²) in [6.45, 7) is 3.37. The van der Waals surface area contributed by atoms with Gasteiger partial charge in [0.05, 0.1) is 16.6 Å². The van der Waals surface area contributed by atoms with Gasteiger partial charge >= 0.3 is 5.97 Å². The van der Waals surface area contributed by atoms with E-state index in [1.54, 1.807) is 19.9 Å². The Kier molecular flexibility index (Phi) is 4.85. The van der Waals surface area contributed by atoms with Crippen molar-refractivity contribution in [3.05, 3.63) is 23.0 Å². The molecule has 0 aromatic carbocycles. The van der Waals surface area contributed by atoms with Crippen LogP contribution in [0.1, 0.15) is 79.5 Å². The van der Waals surface area contributed by atoms with Crippen molar-refractivity contribution >= 4 is 23.0 Å². The highest BCUT2D eigenvalue weighted by molar-refractivity contribution is 6.04. The second-order valence-corrected chi connectivity index (χ2v) is 7.71. The molecule has 7 nitrogen and oxygen atoms in total. The topological polar surface area (TPSA) is 94.3 Å². The summed E-state index contributed by atoms with van der Waals surface area (Å²) in [7, 11) is 0. The Morgan fingerprint density at radius 1 is 1.22 bits per heavy atom. The van der Waals surface area contributed by atoms with Gasteiger partial charge < -0.3 is 14.6 Å². The number of pyridine rings is 1. The van der Waals surface area contributed by atoms with Crippen molar-refractivity contribution in [3.8, 4) is 0 Å². The first kappa shape index (κ1) is 17.9. The van der Waals surface area contributed by atoms with Crippen molar-refractivity contribution < 1.29 is 18.8 Å². The van der Waals surface area contributed by atoms with Gasteiger partial charge in [-0.2, -0.15) is 0 Å². The van der Waals surface area contributed by atoms with E-state index in [9.17, 15) is 9.59 Å². The summed E-state index contributed by atoms with van der Waals surface area (Å²) in [6, 6.07) is 1.94. The quantitative estimate of drug-likeness (QED) is 0.810. The van der Waals surface area contributed by atoms with E-state index < -0.39 is 12.1 Å². The molecule has 0 radical (unpaired) electrons. The van der Waals surface area contributed by atoms with Crippen LogP contribution >= 0.6 is 0 Å². The van der Waals surface area contributed by atoms with Gasteiger partial charge in [-0.1, -0.05) is 24.4 Å². The molecule has 0 saturated heterocycles. The van der Waals surface area contributed by atoms with Gasteiger partial charge in [-0.3, -0.25) is 4.79 Å². The molecule has 1 unspecified atom stereocenters. The second kappa shape index (κ2) is 7.29. The largest absolute Gasteiger partial charge is 0.449 e. The SMILES string of the molecule is Cc1noc2nc(C3CC3)cc(C(=O)OC(C)C(=O)NC3CCCCC3)c12. The van der Waals surface area contributed by atoms with E-state index in [0.717, 1.165) is 44.2 Å². The standard InChI is InChI=1S/C20H25N3O4/c1-11-17-15(10-16(13-8-9-13)22-19(17)27-23-11)20(25)26-12(2)18(24)21-14-6-4-3-5-7-14/h10,12-14H,3-9H2,1-2H3,(H,21,24). The minimum Gasteiger partial charge on any atom is -0.449 e. The van der Waals surface area contributed by atoms with Gasteiger partial charge in [0, 0.05) is 17.7 Å². The number of hydrogen-bond acceptors (Lipinski definition) is 6. The van der Waals surface area contributed by atoms with Crippen molar-refractivity contribution in [2.75, 3.05) is 0 Å². The lowest BCUT2D eigenvalue weighted by atomic mass is 9.95. The molecule has 144 valence electrons. The van der Waals surface area contributed by atoms with E-state index in [2.05, 4.69) is 15.5 Å². The number of nitrogens with one attached hydrogen (secondary N) is 1. The third-order valence-corrected chi connectivity index (χ3v) is 5.46. The maximum absolute atomic E-state index is 12.8. The summed E-state index contributed by atoms with van der Waals surface area (Å²) in [5, 5.41) is 7.49. The van der Waals surface area contributed by atoms with Gasteiger partial charge in [-0.15, -0.1) is 0 Å². The van der Waals surface area contributed by atoms with Crippen LogP contribution in [-0.4, -0.2) is 34.2 Å². The Labute approximate surface area is 157 Å².